The second kappa shape index (κ2) is 8.35. The molecule has 0 atom stereocenters. The molecule has 6 nitrogen and oxygen atoms in total. The molecule has 0 unspecified atom stereocenters. The Morgan fingerprint density at radius 1 is 1.00 bits per heavy atom. The van der Waals surface area contributed by atoms with Crippen molar-refractivity contribution in [2.45, 2.75) is 26.4 Å². The minimum atomic E-state index is -0.425. The van der Waals surface area contributed by atoms with E-state index in [2.05, 4.69) is 4.90 Å². The fourth-order valence-electron chi connectivity index (χ4n) is 3.36. The average molecular weight is 383 g/mol. The summed E-state index contributed by atoms with van der Waals surface area (Å²) in [6.45, 7) is 3.20. The average Bonchev–Trinajstić information content (AvgIpc) is 2.67. The van der Waals surface area contributed by atoms with E-state index in [1.165, 1.54) is 12.1 Å². The first-order chi connectivity index (χ1) is 13.4. The highest BCUT2D eigenvalue weighted by Crippen LogP contribution is 2.29. The molecule has 0 aliphatic heterocycles. The van der Waals surface area contributed by atoms with Gasteiger partial charge in [-0.3, -0.25) is 4.90 Å². The minimum Gasteiger partial charge on any atom is -0.508 e. The molecule has 148 valence electrons. The van der Waals surface area contributed by atoms with Crippen molar-refractivity contribution < 1.29 is 19.0 Å². The van der Waals surface area contributed by atoms with Crippen LogP contribution in [0.4, 0.5) is 0 Å². The summed E-state index contributed by atoms with van der Waals surface area (Å²) < 4.78 is 15.9. The third kappa shape index (κ3) is 4.12. The fraction of sp³-hybridized carbons (Fsp3) is 0.318. The van der Waals surface area contributed by atoms with Crippen LogP contribution in [0, 0.1) is 0 Å². The number of hydrogen-bond donors (Lipinski definition) is 1. The third-order valence-corrected chi connectivity index (χ3v) is 4.75. The molecule has 0 radical (unpaired) electrons. The molecule has 0 saturated carbocycles. The molecule has 0 fully saturated rings. The Morgan fingerprint density at radius 3 is 2.43 bits per heavy atom. The number of aromatic hydroxyl groups is 1. The number of phenolic OH excluding ortho intramolecular Hbond substituents is 1. The zero-order chi connectivity index (χ0) is 20.3. The van der Waals surface area contributed by atoms with Gasteiger partial charge in [-0.2, -0.15) is 0 Å². The zero-order valence-corrected chi connectivity index (χ0v) is 16.6. The summed E-state index contributed by atoms with van der Waals surface area (Å²) in [5, 5.41) is 10.9. The molecular formula is C22H25NO5. The van der Waals surface area contributed by atoms with Gasteiger partial charge in [-0.1, -0.05) is 13.0 Å². The number of benzene rings is 2. The van der Waals surface area contributed by atoms with Crippen LogP contribution in [0.5, 0.6) is 17.2 Å². The van der Waals surface area contributed by atoms with Gasteiger partial charge in [0.25, 0.3) is 0 Å². The highest BCUT2D eigenvalue weighted by Gasteiger charge is 2.13. The maximum absolute atomic E-state index is 12.0. The third-order valence-electron chi connectivity index (χ3n) is 4.75. The number of methoxy groups -OCH3 is 2. The number of hydrogen-bond acceptors (Lipinski definition) is 6. The van der Waals surface area contributed by atoms with Crippen molar-refractivity contribution >= 4 is 11.0 Å². The maximum atomic E-state index is 12.0. The highest BCUT2D eigenvalue weighted by atomic mass is 16.5. The van der Waals surface area contributed by atoms with E-state index < -0.39 is 5.63 Å². The number of fused-ring (bicyclic) bond motifs is 1. The van der Waals surface area contributed by atoms with Crippen molar-refractivity contribution in [1.82, 2.24) is 4.90 Å². The van der Waals surface area contributed by atoms with Gasteiger partial charge in [0.05, 0.1) is 14.2 Å². The SMILES string of the molecule is CCc1cc2c(CN(C)Cc3ccc(OC)c(OC)c3)cc(=O)oc2cc1O. The summed E-state index contributed by atoms with van der Waals surface area (Å²) in [7, 11) is 5.21. The van der Waals surface area contributed by atoms with E-state index in [4.69, 9.17) is 13.9 Å². The maximum Gasteiger partial charge on any atom is 0.336 e. The van der Waals surface area contributed by atoms with Gasteiger partial charge in [0.15, 0.2) is 11.5 Å². The summed E-state index contributed by atoms with van der Waals surface area (Å²) in [5.74, 6) is 1.52. The molecule has 28 heavy (non-hydrogen) atoms. The Hall–Kier alpha value is -2.99. The van der Waals surface area contributed by atoms with Gasteiger partial charge in [-0.25, -0.2) is 4.79 Å². The molecule has 0 amide bonds. The Balaban J connectivity index is 1.88. The number of rotatable bonds is 7. The second-order valence-electron chi connectivity index (χ2n) is 6.78. The summed E-state index contributed by atoms with van der Waals surface area (Å²) in [5.41, 5.74) is 2.73. The van der Waals surface area contributed by atoms with E-state index in [-0.39, 0.29) is 5.75 Å². The van der Waals surface area contributed by atoms with Crippen LogP contribution < -0.4 is 15.1 Å². The first-order valence-corrected chi connectivity index (χ1v) is 9.13. The summed E-state index contributed by atoms with van der Waals surface area (Å²) in [6.07, 6.45) is 0.696. The topological polar surface area (TPSA) is 72.1 Å². The van der Waals surface area contributed by atoms with Crippen LogP contribution in [-0.4, -0.2) is 31.3 Å². The minimum absolute atomic E-state index is 0.147. The van der Waals surface area contributed by atoms with Crippen LogP contribution in [0.2, 0.25) is 0 Å². The van der Waals surface area contributed by atoms with Gasteiger partial charge in [-0.05, 0) is 48.4 Å². The van der Waals surface area contributed by atoms with Gasteiger partial charge in [0.1, 0.15) is 11.3 Å². The van der Waals surface area contributed by atoms with Crippen LogP contribution in [0.1, 0.15) is 23.6 Å². The predicted molar refractivity (Wildman–Crippen MR) is 108 cm³/mol. The van der Waals surface area contributed by atoms with E-state index in [0.29, 0.717) is 36.6 Å². The van der Waals surface area contributed by atoms with Crippen LogP contribution in [0.3, 0.4) is 0 Å². The normalized spacial score (nSPS) is 11.2. The molecule has 2 aromatic carbocycles. The largest absolute Gasteiger partial charge is 0.508 e. The van der Waals surface area contributed by atoms with Crippen molar-refractivity contribution in [2.24, 2.45) is 0 Å². The lowest BCUT2D eigenvalue weighted by molar-refractivity contribution is 0.316. The van der Waals surface area contributed by atoms with Crippen LogP contribution in [0.25, 0.3) is 11.0 Å². The quantitative estimate of drug-likeness (QED) is 0.627. The number of nitrogens with zero attached hydrogens (tertiary/aromatic N) is 1. The molecule has 0 aliphatic carbocycles. The van der Waals surface area contributed by atoms with Crippen molar-refractivity contribution in [3.05, 3.63) is 63.5 Å². The van der Waals surface area contributed by atoms with E-state index >= 15 is 0 Å². The Labute approximate surface area is 163 Å². The molecule has 1 aromatic heterocycles. The standard InChI is InChI=1S/C22H25NO5/c1-5-15-9-17-16(10-22(25)28-20(17)11-18(15)24)13-23(2)12-14-6-7-19(26-3)21(8-14)27-4/h6-11,24H,5,12-13H2,1-4H3. The number of aryl methyl sites for hydroxylation is 1. The second-order valence-corrected chi connectivity index (χ2v) is 6.78. The zero-order valence-electron chi connectivity index (χ0n) is 16.6. The monoisotopic (exact) mass is 383 g/mol. The molecule has 0 bridgehead atoms. The van der Waals surface area contributed by atoms with Crippen molar-refractivity contribution in [3.63, 3.8) is 0 Å². The van der Waals surface area contributed by atoms with E-state index in [1.807, 2.05) is 38.2 Å². The van der Waals surface area contributed by atoms with E-state index in [9.17, 15) is 9.90 Å². The van der Waals surface area contributed by atoms with E-state index in [1.54, 1.807) is 14.2 Å². The predicted octanol–water partition coefficient (Wildman–Crippen LogP) is 3.71. The molecule has 6 heteroatoms. The van der Waals surface area contributed by atoms with Gasteiger partial charge >= 0.3 is 5.63 Å². The van der Waals surface area contributed by atoms with Gasteiger partial charge in [0.2, 0.25) is 0 Å². The molecule has 3 rings (SSSR count). The molecule has 0 saturated heterocycles. The molecule has 0 spiro atoms. The summed E-state index contributed by atoms with van der Waals surface area (Å²) in [6, 6.07) is 10.7. The molecule has 0 aliphatic rings. The van der Waals surface area contributed by atoms with Crippen molar-refractivity contribution in [2.75, 3.05) is 21.3 Å². The Bertz CT molecular complexity index is 1040. The van der Waals surface area contributed by atoms with Crippen molar-refractivity contribution in [1.29, 1.82) is 0 Å². The first kappa shape index (κ1) is 19.8. The summed E-state index contributed by atoms with van der Waals surface area (Å²) >= 11 is 0. The van der Waals surface area contributed by atoms with Gasteiger partial charge in [0, 0.05) is 30.6 Å². The first-order valence-electron chi connectivity index (χ1n) is 9.13. The number of ether oxygens (including phenoxy) is 2. The highest BCUT2D eigenvalue weighted by molar-refractivity contribution is 5.82. The van der Waals surface area contributed by atoms with Gasteiger partial charge < -0.3 is 19.0 Å². The lowest BCUT2D eigenvalue weighted by Gasteiger charge is -2.19. The molecule has 1 heterocycles. The Kier molecular flexibility index (Phi) is 5.90. The molecule has 3 aromatic rings. The Morgan fingerprint density at radius 2 is 1.75 bits per heavy atom. The smallest absolute Gasteiger partial charge is 0.336 e. The number of phenols is 1. The lowest BCUT2D eigenvalue weighted by Crippen LogP contribution is -2.18. The van der Waals surface area contributed by atoms with Crippen LogP contribution in [0.15, 0.2) is 45.6 Å². The summed E-state index contributed by atoms with van der Waals surface area (Å²) in [4.78, 5) is 14.1. The van der Waals surface area contributed by atoms with E-state index in [0.717, 1.165) is 22.1 Å². The molecular weight excluding hydrogens is 358 g/mol. The van der Waals surface area contributed by atoms with Crippen LogP contribution in [-0.2, 0) is 19.5 Å². The molecule has 1 N–H and O–H groups in total. The fourth-order valence-corrected chi connectivity index (χ4v) is 3.36. The van der Waals surface area contributed by atoms with Crippen molar-refractivity contribution in [3.8, 4) is 17.2 Å². The van der Waals surface area contributed by atoms with Gasteiger partial charge in [-0.15, -0.1) is 0 Å². The van der Waals surface area contributed by atoms with Crippen LogP contribution >= 0.6 is 0 Å². The lowest BCUT2D eigenvalue weighted by atomic mass is 10.0.